The third-order valence-corrected chi connectivity index (χ3v) is 6.12. The first-order valence-electron chi connectivity index (χ1n) is 7.90. The first-order valence-corrected chi connectivity index (χ1v) is 9.51. The van der Waals surface area contributed by atoms with Crippen LogP contribution in [0.2, 0.25) is 0 Å². The maximum absolute atomic E-state index is 12.3. The van der Waals surface area contributed by atoms with E-state index in [1.807, 2.05) is 0 Å². The molecule has 0 amide bonds. The quantitative estimate of drug-likeness (QED) is 0.649. The van der Waals surface area contributed by atoms with Crippen LogP contribution in [0, 0.1) is 0 Å². The van der Waals surface area contributed by atoms with Gasteiger partial charge in [0.2, 0.25) is 10.0 Å². The van der Waals surface area contributed by atoms with Crippen LogP contribution in [0.1, 0.15) is 39.5 Å². The fourth-order valence-electron chi connectivity index (χ4n) is 2.65. The van der Waals surface area contributed by atoms with Gasteiger partial charge in [-0.15, -0.1) is 0 Å². The second kappa shape index (κ2) is 8.97. The third kappa shape index (κ3) is 5.68. The van der Waals surface area contributed by atoms with Gasteiger partial charge < -0.3 is 10.2 Å². The van der Waals surface area contributed by atoms with Gasteiger partial charge >= 0.3 is 0 Å². The number of hydrogen-bond acceptors (Lipinski definition) is 4. The van der Waals surface area contributed by atoms with Crippen LogP contribution in [-0.2, 0) is 10.0 Å². The molecule has 0 bridgehead atoms. The number of sulfonamides is 1. The molecule has 0 aromatic rings. The van der Waals surface area contributed by atoms with E-state index in [2.05, 4.69) is 24.1 Å². The molecule has 120 valence electrons. The number of hydrogen-bond donors (Lipinski definition) is 1. The predicted molar refractivity (Wildman–Crippen MR) is 84.5 cm³/mol. The highest BCUT2D eigenvalue weighted by atomic mass is 32.2. The number of rotatable bonds is 9. The van der Waals surface area contributed by atoms with E-state index in [4.69, 9.17) is 0 Å². The van der Waals surface area contributed by atoms with E-state index in [1.54, 1.807) is 11.4 Å². The smallest absolute Gasteiger partial charge is 0.214 e. The molecule has 1 heterocycles. The molecule has 0 unspecified atom stereocenters. The van der Waals surface area contributed by atoms with Crippen LogP contribution in [0.5, 0.6) is 0 Å². The first-order chi connectivity index (χ1) is 9.51. The SMILES string of the molecule is CCCNCCCS(=O)(=O)N(C)C1CCN(CC)CC1. The lowest BCUT2D eigenvalue weighted by Gasteiger charge is -2.35. The van der Waals surface area contributed by atoms with Gasteiger partial charge in [-0.1, -0.05) is 13.8 Å². The number of nitrogens with one attached hydrogen (secondary N) is 1. The lowest BCUT2D eigenvalue weighted by Crippen LogP contribution is -2.46. The lowest BCUT2D eigenvalue weighted by atomic mass is 10.1. The molecule has 0 aromatic heterocycles. The summed E-state index contributed by atoms with van der Waals surface area (Å²) >= 11 is 0. The minimum Gasteiger partial charge on any atom is -0.317 e. The molecular formula is C14H31N3O2S. The molecule has 1 aliphatic heterocycles. The summed E-state index contributed by atoms with van der Waals surface area (Å²) in [5.41, 5.74) is 0. The highest BCUT2D eigenvalue weighted by Crippen LogP contribution is 2.18. The minimum absolute atomic E-state index is 0.186. The predicted octanol–water partition coefficient (Wildman–Crippen LogP) is 1.12. The van der Waals surface area contributed by atoms with E-state index in [0.717, 1.165) is 52.0 Å². The molecule has 0 aromatic carbocycles. The normalized spacial score (nSPS) is 18.8. The van der Waals surface area contributed by atoms with E-state index in [0.29, 0.717) is 6.42 Å². The molecule has 1 saturated heterocycles. The van der Waals surface area contributed by atoms with E-state index in [-0.39, 0.29) is 11.8 Å². The molecule has 0 saturated carbocycles. The van der Waals surface area contributed by atoms with Crippen LogP contribution in [0.15, 0.2) is 0 Å². The van der Waals surface area contributed by atoms with Crippen LogP contribution in [0.25, 0.3) is 0 Å². The van der Waals surface area contributed by atoms with Crippen LogP contribution in [0.3, 0.4) is 0 Å². The zero-order valence-electron chi connectivity index (χ0n) is 13.3. The Balaban J connectivity index is 2.35. The summed E-state index contributed by atoms with van der Waals surface area (Å²) in [4.78, 5) is 2.38. The molecule has 5 nitrogen and oxygen atoms in total. The molecule has 1 fully saturated rings. The molecular weight excluding hydrogens is 274 g/mol. The lowest BCUT2D eigenvalue weighted by molar-refractivity contribution is 0.176. The van der Waals surface area contributed by atoms with Crippen molar-refractivity contribution in [1.82, 2.24) is 14.5 Å². The fraction of sp³-hybridized carbons (Fsp3) is 1.00. The number of piperidine rings is 1. The van der Waals surface area contributed by atoms with Crippen molar-refractivity contribution in [3.05, 3.63) is 0 Å². The van der Waals surface area contributed by atoms with Gasteiger partial charge in [-0.2, -0.15) is 0 Å². The van der Waals surface area contributed by atoms with Crippen LogP contribution in [-0.4, -0.2) is 69.2 Å². The topological polar surface area (TPSA) is 52.7 Å². The zero-order chi connectivity index (χ0) is 15.0. The average molecular weight is 305 g/mol. The van der Waals surface area contributed by atoms with Gasteiger partial charge in [0.1, 0.15) is 0 Å². The zero-order valence-corrected chi connectivity index (χ0v) is 14.1. The van der Waals surface area contributed by atoms with Crippen molar-refractivity contribution in [2.75, 3.05) is 45.5 Å². The maximum atomic E-state index is 12.3. The largest absolute Gasteiger partial charge is 0.317 e. The Morgan fingerprint density at radius 3 is 2.40 bits per heavy atom. The van der Waals surface area contributed by atoms with Gasteiger partial charge in [0.15, 0.2) is 0 Å². The Morgan fingerprint density at radius 2 is 1.85 bits per heavy atom. The van der Waals surface area contributed by atoms with E-state index in [9.17, 15) is 8.42 Å². The van der Waals surface area contributed by atoms with Crippen molar-refractivity contribution in [2.45, 2.75) is 45.6 Å². The molecule has 0 atom stereocenters. The Kier molecular flexibility index (Phi) is 8.02. The summed E-state index contributed by atoms with van der Waals surface area (Å²) in [6.45, 7) is 9.11. The summed E-state index contributed by atoms with van der Waals surface area (Å²) in [6, 6.07) is 0.186. The Morgan fingerprint density at radius 1 is 1.20 bits per heavy atom. The Bertz CT molecular complexity index is 351. The van der Waals surface area contributed by atoms with Crippen molar-refractivity contribution in [3.8, 4) is 0 Å². The van der Waals surface area contributed by atoms with Crippen molar-refractivity contribution in [3.63, 3.8) is 0 Å². The average Bonchev–Trinajstić information content (AvgIpc) is 2.46. The van der Waals surface area contributed by atoms with Gasteiger partial charge in [-0.05, 0) is 58.4 Å². The van der Waals surface area contributed by atoms with Gasteiger partial charge in [0.25, 0.3) is 0 Å². The summed E-state index contributed by atoms with van der Waals surface area (Å²) in [7, 11) is -1.35. The van der Waals surface area contributed by atoms with Crippen molar-refractivity contribution in [2.24, 2.45) is 0 Å². The fourth-order valence-corrected chi connectivity index (χ4v) is 4.11. The minimum atomic E-state index is -3.10. The van der Waals surface area contributed by atoms with Crippen LogP contribution in [0.4, 0.5) is 0 Å². The molecule has 0 radical (unpaired) electrons. The van der Waals surface area contributed by atoms with Crippen LogP contribution < -0.4 is 5.32 Å². The number of likely N-dealkylation sites (tertiary alicyclic amines) is 1. The standard InChI is InChI=1S/C14H31N3O2S/c1-4-9-15-10-6-13-20(18,19)16(3)14-7-11-17(5-2)12-8-14/h14-15H,4-13H2,1-3H3. The summed E-state index contributed by atoms with van der Waals surface area (Å²) in [6.07, 6.45) is 3.69. The molecule has 1 N–H and O–H groups in total. The van der Waals surface area contributed by atoms with E-state index >= 15 is 0 Å². The second-order valence-electron chi connectivity index (χ2n) is 5.60. The Hall–Kier alpha value is -0.170. The molecule has 0 aliphatic carbocycles. The Labute approximate surface area is 124 Å². The highest BCUT2D eigenvalue weighted by molar-refractivity contribution is 7.89. The first kappa shape index (κ1) is 17.9. The van der Waals surface area contributed by atoms with Crippen molar-refractivity contribution < 1.29 is 8.42 Å². The van der Waals surface area contributed by atoms with E-state index in [1.165, 1.54) is 0 Å². The van der Waals surface area contributed by atoms with Gasteiger partial charge in [-0.25, -0.2) is 12.7 Å². The van der Waals surface area contributed by atoms with E-state index < -0.39 is 10.0 Å². The van der Waals surface area contributed by atoms with Crippen LogP contribution >= 0.6 is 0 Å². The van der Waals surface area contributed by atoms with Gasteiger partial charge in [0.05, 0.1) is 5.75 Å². The summed E-state index contributed by atoms with van der Waals surface area (Å²) in [5.74, 6) is 0.258. The maximum Gasteiger partial charge on any atom is 0.214 e. The summed E-state index contributed by atoms with van der Waals surface area (Å²) < 4.78 is 26.2. The molecule has 1 aliphatic rings. The van der Waals surface area contributed by atoms with Crippen molar-refractivity contribution in [1.29, 1.82) is 0 Å². The second-order valence-corrected chi connectivity index (χ2v) is 7.75. The molecule has 20 heavy (non-hydrogen) atoms. The third-order valence-electron chi connectivity index (χ3n) is 4.14. The van der Waals surface area contributed by atoms with Gasteiger partial charge in [0, 0.05) is 13.1 Å². The molecule has 1 rings (SSSR count). The monoisotopic (exact) mass is 305 g/mol. The van der Waals surface area contributed by atoms with Crippen molar-refractivity contribution >= 4 is 10.0 Å². The number of nitrogens with zero attached hydrogens (tertiary/aromatic N) is 2. The summed E-state index contributed by atoms with van der Waals surface area (Å²) in [5, 5.41) is 3.25. The van der Waals surface area contributed by atoms with Gasteiger partial charge in [-0.3, -0.25) is 0 Å². The molecule has 0 spiro atoms. The highest BCUT2D eigenvalue weighted by Gasteiger charge is 2.28. The molecule has 6 heteroatoms.